The van der Waals surface area contributed by atoms with Crippen LogP contribution in [0.2, 0.25) is 0 Å². The molecule has 0 aliphatic rings. The summed E-state index contributed by atoms with van der Waals surface area (Å²) in [5, 5.41) is 0. The van der Waals surface area contributed by atoms with E-state index >= 15 is 0 Å². The van der Waals surface area contributed by atoms with Crippen LogP contribution in [0.15, 0.2) is 42.9 Å². The molecule has 27 heavy (non-hydrogen) atoms. The van der Waals surface area contributed by atoms with Gasteiger partial charge < -0.3 is 9.47 Å². The largest absolute Gasteiger partial charge is 0.416 e. The highest BCUT2D eigenvalue weighted by molar-refractivity contribution is 5.96. The van der Waals surface area contributed by atoms with Gasteiger partial charge in [-0.3, -0.25) is 4.79 Å². The number of nitrogens with zero attached hydrogens (tertiary/aromatic N) is 4. The monoisotopic (exact) mass is 376 g/mol. The zero-order chi connectivity index (χ0) is 19.8. The Morgan fingerprint density at radius 2 is 1.85 bits per heavy atom. The van der Waals surface area contributed by atoms with Gasteiger partial charge in [-0.1, -0.05) is 12.1 Å². The molecule has 0 atom stereocenters. The first-order valence-corrected chi connectivity index (χ1v) is 8.41. The van der Waals surface area contributed by atoms with Gasteiger partial charge in [0.2, 0.25) is 0 Å². The van der Waals surface area contributed by atoms with Crippen LogP contribution < -0.4 is 0 Å². The molecule has 1 amide bonds. The first-order chi connectivity index (χ1) is 12.7. The number of imidazole rings is 1. The number of amides is 1. The molecule has 2 heterocycles. The van der Waals surface area contributed by atoms with Crippen molar-refractivity contribution in [3.05, 3.63) is 59.5 Å². The molecule has 5 nitrogen and oxygen atoms in total. The number of fused-ring (bicyclic) bond motifs is 1. The minimum atomic E-state index is -4.37. The van der Waals surface area contributed by atoms with Gasteiger partial charge in [-0.2, -0.15) is 13.2 Å². The van der Waals surface area contributed by atoms with E-state index in [9.17, 15) is 18.0 Å². The molecule has 0 spiro atoms. The molecule has 0 fully saturated rings. The fraction of sp³-hybridized carbons (Fsp3) is 0.316. The Balaban J connectivity index is 1.76. The number of benzene rings is 1. The van der Waals surface area contributed by atoms with Crippen LogP contribution in [0.4, 0.5) is 13.2 Å². The van der Waals surface area contributed by atoms with Crippen LogP contribution >= 0.6 is 0 Å². The molecule has 3 aromatic rings. The molecule has 0 aliphatic carbocycles. The van der Waals surface area contributed by atoms with E-state index in [1.54, 1.807) is 19.4 Å². The van der Waals surface area contributed by atoms with E-state index in [0.717, 1.165) is 12.1 Å². The van der Waals surface area contributed by atoms with Crippen molar-refractivity contribution in [1.29, 1.82) is 0 Å². The lowest BCUT2D eigenvalue weighted by Gasteiger charge is -2.18. The zero-order valence-electron chi connectivity index (χ0n) is 15.2. The minimum absolute atomic E-state index is 0.190. The molecule has 142 valence electrons. The lowest BCUT2D eigenvalue weighted by molar-refractivity contribution is -0.137. The Kier molecular flexibility index (Phi) is 4.91. The molecule has 2 aromatic heterocycles. The van der Waals surface area contributed by atoms with E-state index in [4.69, 9.17) is 0 Å². The van der Waals surface area contributed by atoms with E-state index in [1.165, 1.54) is 23.2 Å². The summed E-state index contributed by atoms with van der Waals surface area (Å²) < 4.78 is 39.8. The van der Waals surface area contributed by atoms with Gasteiger partial charge in [0.15, 0.2) is 5.65 Å². The molecule has 0 N–H and O–H groups in total. The molecular formula is C19H19F3N4O. The van der Waals surface area contributed by atoms with Crippen LogP contribution in [0, 0.1) is 0 Å². The highest BCUT2D eigenvalue weighted by atomic mass is 19.4. The number of hydrogen-bond acceptors (Lipinski definition) is 3. The van der Waals surface area contributed by atoms with Crippen molar-refractivity contribution in [2.24, 2.45) is 0 Å². The van der Waals surface area contributed by atoms with Gasteiger partial charge in [0.05, 0.1) is 17.5 Å². The second-order valence-corrected chi connectivity index (χ2v) is 6.67. The van der Waals surface area contributed by atoms with Gasteiger partial charge in [-0.05, 0) is 37.6 Å². The number of carbonyl (C=O) groups is 1. The predicted molar refractivity (Wildman–Crippen MR) is 95.2 cm³/mol. The average Bonchev–Trinajstić information content (AvgIpc) is 3.04. The lowest BCUT2D eigenvalue weighted by atomic mass is 10.1. The summed E-state index contributed by atoms with van der Waals surface area (Å²) in [7, 11) is 1.59. The third-order valence-corrected chi connectivity index (χ3v) is 4.26. The van der Waals surface area contributed by atoms with Crippen LogP contribution in [0.25, 0.3) is 11.2 Å². The molecule has 8 heteroatoms. The van der Waals surface area contributed by atoms with Crippen molar-refractivity contribution < 1.29 is 18.0 Å². The molecule has 0 saturated carbocycles. The number of hydrogen-bond donors (Lipinski definition) is 0. The zero-order valence-corrected chi connectivity index (χ0v) is 15.2. The van der Waals surface area contributed by atoms with Crippen molar-refractivity contribution in [2.75, 3.05) is 7.05 Å². The maximum absolute atomic E-state index is 12.6. The second kappa shape index (κ2) is 7.02. The van der Waals surface area contributed by atoms with E-state index < -0.39 is 11.7 Å². The van der Waals surface area contributed by atoms with Crippen molar-refractivity contribution in [3.63, 3.8) is 0 Å². The number of halogens is 3. The van der Waals surface area contributed by atoms with E-state index in [1.807, 2.05) is 18.4 Å². The molecule has 0 saturated heterocycles. The maximum Gasteiger partial charge on any atom is 0.416 e. The normalized spacial score (nSPS) is 12.0. The van der Waals surface area contributed by atoms with E-state index in [-0.39, 0.29) is 18.5 Å². The summed E-state index contributed by atoms with van der Waals surface area (Å²) in [6, 6.07) is 6.65. The Morgan fingerprint density at radius 1 is 1.19 bits per heavy atom. The third-order valence-electron chi connectivity index (χ3n) is 4.26. The van der Waals surface area contributed by atoms with Gasteiger partial charge >= 0.3 is 6.18 Å². The fourth-order valence-corrected chi connectivity index (χ4v) is 2.78. The highest BCUT2D eigenvalue weighted by Crippen LogP contribution is 2.29. The van der Waals surface area contributed by atoms with Crippen molar-refractivity contribution in [3.8, 4) is 0 Å². The summed E-state index contributed by atoms with van der Waals surface area (Å²) in [5.41, 5.74) is 1.60. The molecule has 3 rings (SSSR count). The number of aromatic nitrogens is 3. The molecular weight excluding hydrogens is 357 g/mol. The molecule has 0 bridgehead atoms. The van der Waals surface area contributed by atoms with Crippen molar-refractivity contribution >= 4 is 17.1 Å². The Bertz CT molecular complexity index is 961. The van der Waals surface area contributed by atoms with Gasteiger partial charge in [-0.25, -0.2) is 9.97 Å². The van der Waals surface area contributed by atoms with E-state index in [2.05, 4.69) is 9.97 Å². The molecule has 0 unspecified atom stereocenters. The van der Waals surface area contributed by atoms with Crippen molar-refractivity contribution in [2.45, 2.75) is 32.6 Å². The summed E-state index contributed by atoms with van der Waals surface area (Å²) in [4.78, 5) is 22.7. The summed E-state index contributed by atoms with van der Waals surface area (Å²) in [6.07, 6.45) is -1.20. The van der Waals surface area contributed by atoms with Gasteiger partial charge in [0.25, 0.3) is 5.91 Å². The van der Waals surface area contributed by atoms with Crippen LogP contribution in [0.1, 0.15) is 41.4 Å². The lowest BCUT2D eigenvalue weighted by Crippen LogP contribution is -2.26. The fourth-order valence-electron chi connectivity index (χ4n) is 2.78. The summed E-state index contributed by atoms with van der Waals surface area (Å²) in [6.45, 7) is 4.22. The standard InChI is InChI=1S/C19H19F3N4O/c1-12(2)26-11-24-16-8-14(9-23-17(16)26)18(27)25(3)10-13-4-6-15(7-5-13)19(20,21)22/h4-9,11-12H,10H2,1-3H3. The topological polar surface area (TPSA) is 51.0 Å². The van der Waals surface area contributed by atoms with Gasteiger partial charge in [0, 0.05) is 25.8 Å². The minimum Gasteiger partial charge on any atom is -0.337 e. The second-order valence-electron chi connectivity index (χ2n) is 6.67. The first kappa shape index (κ1) is 18.9. The Labute approximate surface area is 154 Å². The summed E-state index contributed by atoms with van der Waals surface area (Å²) >= 11 is 0. The van der Waals surface area contributed by atoms with Gasteiger partial charge in [-0.15, -0.1) is 0 Å². The maximum atomic E-state index is 12.6. The van der Waals surface area contributed by atoms with Crippen molar-refractivity contribution in [1.82, 2.24) is 19.4 Å². The quantitative estimate of drug-likeness (QED) is 0.682. The van der Waals surface area contributed by atoms with Gasteiger partial charge in [0.1, 0.15) is 5.52 Å². The van der Waals surface area contributed by atoms with Crippen LogP contribution in [0.5, 0.6) is 0 Å². The van der Waals surface area contributed by atoms with Crippen LogP contribution in [0.3, 0.4) is 0 Å². The SMILES string of the molecule is CC(C)n1cnc2cc(C(=O)N(C)Cc3ccc(C(F)(F)F)cc3)cnc21. The molecule has 0 aliphatic heterocycles. The smallest absolute Gasteiger partial charge is 0.337 e. The van der Waals surface area contributed by atoms with E-state index in [0.29, 0.717) is 22.3 Å². The Morgan fingerprint density at radius 3 is 2.44 bits per heavy atom. The first-order valence-electron chi connectivity index (χ1n) is 8.41. The molecule has 1 aromatic carbocycles. The number of alkyl halides is 3. The number of rotatable bonds is 4. The average molecular weight is 376 g/mol. The van der Waals surface area contributed by atoms with Crippen LogP contribution in [-0.4, -0.2) is 32.4 Å². The Hall–Kier alpha value is -2.90. The number of pyridine rings is 1. The highest BCUT2D eigenvalue weighted by Gasteiger charge is 2.30. The number of carbonyl (C=O) groups excluding carboxylic acids is 1. The third kappa shape index (κ3) is 3.94. The summed E-state index contributed by atoms with van der Waals surface area (Å²) in [5.74, 6) is -0.275. The van der Waals surface area contributed by atoms with Crippen LogP contribution in [-0.2, 0) is 12.7 Å². The molecule has 0 radical (unpaired) electrons. The predicted octanol–water partition coefficient (Wildman–Crippen LogP) is 4.30.